The molecule has 0 spiro atoms. The minimum atomic E-state index is -3.20. The van der Waals surface area contributed by atoms with Crippen molar-refractivity contribution >= 4 is 23.1 Å². The van der Waals surface area contributed by atoms with E-state index < -0.39 is 7.14 Å². The fourth-order valence-electron chi connectivity index (χ4n) is 3.79. The van der Waals surface area contributed by atoms with E-state index in [0.29, 0.717) is 28.3 Å². The van der Waals surface area contributed by atoms with E-state index in [1.165, 1.54) is 0 Å². The Labute approximate surface area is 187 Å². The van der Waals surface area contributed by atoms with E-state index in [2.05, 4.69) is 0 Å². The molecule has 0 atom stereocenters. The van der Waals surface area contributed by atoms with Crippen LogP contribution in [0.2, 0.25) is 0 Å². The molecule has 0 saturated heterocycles. The van der Waals surface area contributed by atoms with E-state index in [1.54, 1.807) is 0 Å². The van der Waals surface area contributed by atoms with Gasteiger partial charge in [0.25, 0.3) is 0 Å². The highest BCUT2D eigenvalue weighted by Crippen LogP contribution is 2.49. The van der Waals surface area contributed by atoms with Gasteiger partial charge in [-0.15, -0.1) is 0 Å². The first-order chi connectivity index (χ1) is 15.5. The van der Waals surface area contributed by atoms with Crippen LogP contribution in [-0.2, 0) is 4.57 Å². The molecule has 0 aromatic heterocycles. The fourth-order valence-corrected chi connectivity index (χ4v) is 6.42. The predicted octanol–water partition coefficient (Wildman–Crippen LogP) is 5.46. The lowest BCUT2D eigenvalue weighted by Gasteiger charge is -2.21. The molecule has 5 heteroatoms. The number of fused-ring (bicyclic) bond motifs is 1. The zero-order chi connectivity index (χ0) is 22.1. The first kappa shape index (κ1) is 20.4. The summed E-state index contributed by atoms with van der Waals surface area (Å²) in [5.74, 6) is 2.22. The SMILES string of the molecule is Cc1ccc(P(=O)(c2ccc(C)cc2)c2cc3c(c(Oc4ccccc4)c2)OCO3)cc1. The maximum absolute atomic E-state index is 14.9. The minimum Gasteiger partial charge on any atom is -0.453 e. The van der Waals surface area contributed by atoms with E-state index in [1.807, 2.05) is 105 Å². The molecule has 0 unspecified atom stereocenters. The number of benzene rings is 4. The van der Waals surface area contributed by atoms with Gasteiger partial charge in [-0.3, -0.25) is 0 Å². The Kier molecular flexibility index (Phi) is 5.24. The lowest BCUT2D eigenvalue weighted by molar-refractivity contribution is 0.172. The van der Waals surface area contributed by atoms with E-state index in [9.17, 15) is 4.57 Å². The lowest BCUT2D eigenvalue weighted by atomic mass is 10.2. The Balaban J connectivity index is 1.71. The summed E-state index contributed by atoms with van der Waals surface area (Å²) in [6.45, 7) is 4.14. The molecule has 4 nitrogen and oxygen atoms in total. The maximum atomic E-state index is 14.9. The van der Waals surface area contributed by atoms with Crippen LogP contribution in [0.5, 0.6) is 23.0 Å². The van der Waals surface area contributed by atoms with Crippen LogP contribution in [0, 0.1) is 13.8 Å². The largest absolute Gasteiger partial charge is 0.453 e. The molecule has 0 aliphatic carbocycles. The second-order valence-electron chi connectivity index (χ2n) is 7.87. The molecule has 5 rings (SSSR count). The van der Waals surface area contributed by atoms with Crippen molar-refractivity contribution < 1.29 is 18.8 Å². The van der Waals surface area contributed by atoms with Gasteiger partial charge >= 0.3 is 0 Å². The first-order valence-corrected chi connectivity index (χ1v) is 12.2. The second-order valence-corrected chi connectivity index (χ2v) is 10.6. The highest BCUT2D eigenvalue weighted by molar-refractivity contribution is 7.85. The molecule has 0 saturated carbocycles. The molecule has 160 valence electrons. The van der Waals surface area contributed by atoms with Gasteiger partial charge < -0.3 is 18.8 Å². The minimum absolute atomic E-state index is 0.100. The lowest BCUT2D eigenvalue weighted by Crippen LogP contribution is -2.25. The molecule has 4 aromatic rings. The summed E-state index contributed by atoms with van der Waals surface area (Å²) in [6, 6.07) is 28.8. The Bertz CT molecular complexity index is 1250. The molecule has 1 aliphatic heterocycles. The van der Waals surface area contributed by atoms with Crippen LogP contribution >= 0.6 is 7.14 Å². The van der Waals surface area contributed by atoms with Crippen LogP contribution in [0.25, 0.3) is 0 Å². The fraction of sp³-hybridized carbons (Fsp3) is 0.111. The van der Waals surface area contributed by atoms with Gasteiger partial charge in [0, 0.05) is 15.9 Å². The molecule has 0 N–H and O–H groups in total. The molecule has 32 heavy (non-hydrogen) atoms. The quantitative estimate of drug-likeness (QED) is 0.385. The van der Waals surface area contributed by atoms with Gasteiger partial charge in [0.15, 0.2) is 18.6 Å². The van der Waals surface area contributed by atoms with Crippen molar-refractivity contribution in [3.05, 3.63) is 102 Å². The zero-order valence-electron chi connectivity index (χ0n) is 17.9. The molecule has 4 aromatic carbocycles. The van der Waals surface area contributed by atoms with Crippen LogP contribution in [0.15, 0.2) is 91.0 Å². The van der Waals surface area contributed by atoms with E-state index in [0.717, 1.165) is 21.7 Å². The summed E-state index contributed by atoms with van der Waals surface area (Å²) in [5.41, 5.74) is 2.23. The van der Waals surface area contributed by atoms with Crippen molar-refractivity contribution in [2.45, 2.75) is 13.8 Å². The summed E-state index contributed by atoms with van der Waals surface area (Å²) >= 11 is 0. The van der Waals surface area contributed by atoms with Crippen LogP contribution < -0.4 is 30.1 Å². The molecule has 0 fully saturated rings. The van der Waals surface area contributed by atoms with Gasteiger partial charge in [-0.05, 0) is 38.1 Å². The molecule has 0 amide bonds. The Morgan fingerprint density at radius 1 is 0.719 bits per heavy atom. The van der Waals surface area contributed by atoms with E-state index >= 15 is 0 Å². The van der Waals surface area contributed by atoms with Crippen LogP contribution in [0.4, 0.5) is 0 Å². The number of para-hydroxylation sites is 1. The number of rotatable bonds is 5. The zero-order valence-corrected chi connectivity index (χ0v) is 18.8. The maximum Gasteiger partial charge on any atom is 0.231 e. The van der Waals surface area contributed by atoms with Crippen molar-refractivity contribution in [3.8, 4) is 23.0 Å². The smallest absolute Gasteiger partial charge is 0.231 e. The number of hydrogen-bond acceptors (Lipinski definition) is 4. The molecule has 1 aliphatic rings. The first-order valence-electron chi connectivity index (χ1n) is 10.5. The van der Waals surface area contributed by atoms with Gasteiger partial charge in [0.2, 0.25) is 12.5 Å². The van der Waals surface area contributed by atoms with E-state index in [-0.39, 0.29) is 6.79 Å². The Hall–Kier alpha value is -3.49. The van der Waals surface area contributed by atoms with Crippen molar-refractivity contribution in [2.75, 3.05) is 6.79 Å². The van der Waals surface area contributed by atoms with E-state index in [4.69, 9.17) is 14.2 Å². The van der Waals surface area contributed by atoms with Crippen molar-refractivity contribution in [2.24, 2.45) is 0 Å². The number of aryl methyl sites for hydroxylation is 2. The van der Waals surface area contributed by atoms with Crippen molar-refractivity contribution in [1.29, 1.82) is 0 Å². The van der Waals surface area contributed by atoms with Crippen molar-refractivity contribution in [1.82, 2.24) is 0 Å². The summed E-state index contributed by atoms with van der Waals surface area (Å²) < 4.78 is 32.4. The predicted molar refractivity (Wildman–Crippen MR) is 128 cm³/mol. The summed E-state index contributed by atoms with van der Waals surface area (Å²) in [4.78, 5) is 0. The van der Waals surface area contributed by atoms with Gasteiger partial charge in [0.05, 0.1) is 0 Å². The summed E-state index contributed by atoms with van der Waals surface area (Å²) in [5, 5.41) is 2.16. The normalized spacial score (nSPS) is 12.6. The van der Waals surface area contributed by atoms with Gasteiger partial charge in [-0.1, -0.05) is 77.9 Å². The number of ether oxygens (including phenoxy) is 3. The molecule has 1 heterocycles. The molecule has 0 bridgehead atoms. The standard InChI is InChI=1S/C27H23O4P/c1-19-8-12-22(13-9-19)32(28,23-14-10-20(2)11-15-23)24-16-25-27(30-18-29-25)26(17-24)31-21-6-4-3-5-7-21/h3-17H,18H2,1-2H3. The highest BCUT2D eigenvalue weighted by atomic mass is 31.2. The monoisotopic (exact) mass is 442 g/mol. The third kappa shape index (κ3) is 3.68. The van der Waals surface area contributed by atoms with Crippen LogP contribution in [0.3, 0.4) is 0 Å². The number of hydrogen-bond donors (Lipinski definition) is 0. The average Bonchev–Trinajstić information content (AvgIpc) is 3.29. The van der Waals surface area contributed by atoms with Gasteiger partial charge in [-0.25, -0.2) is 0 Å². The molecular weight excluding hydrogens is 419 g/mol. The Morgan fingerprint density at radius 2 is 1.31 bits per heavy atom. The van der Waals surface area contributed by atoms with Crippen LogP contribution in [-0.4, -0.2) is 6.79 Å². The second kappa shape index (κ2) is 8.22. The van der Waals surface area contributed by atoms with Gasteiger partial charge in [-0.2, -0.15) is 0 Å². The Morgan fingerprint density at radius 3 is 1.91 bits per heavy atom. The summed E-state index contributed by atoms with van der Waals surface area (Å²) in [7, 11) is -3.20. The summed E-state index contributed by atoms with van der Waals surface area (Å²) in [6.07, 6.45) is 0. The van der Waals surface area contributed by atoms with Crippen molar-refractivity contribution in [3.63, 3.8) is 0 Å². The third-order valence-corrected chi connectivity index (χ3v) is 8.59. The van der Waals surface area contributed by atoms with Crippen LogP contribution in [0.1, 0.15) is 11.1 Å². The third-order valence-electron chi connectivity index (χ3n) is 5.55. The molecular formula is C27H23O4P. The highest BCUT2D eigenvalue weighted by Gasteiger charge is 2.33. The van der Waals surface area contributed by atoms with Gasteiger partial charge in [0.1, 0.15) is 5.75 Å². The average molecular weight is 442 g/mol. The topological polar surface area (TPSA) is 44.8 Å². The molecule has 0 radical (unpaired) electrons.